The zero-order chi connectivity index (χ0) is 26.0. The van der Waals surface area contributed by atoms with Crippen LogP contribution in [0.1, 0.15) is 24.2 Å². The minimum Gasteiger partial charge on any atom is -0.488 e. The van der Waals surface area contributed by atoms with Gasteiger partial charge in [0.1, 0.15) is 11.9 Å². The highest BCUT2D eigenvalue weighted by Gasteiger charge is 2.34. The van der Waals surface area contributed by atoms with Crippen LogP contribution in [0.3, 0.4) is 0 Å². The number of hydrogen-bond donors (Lipinski definition) is 2. The molecular formula is C23H31N3O7S2. The van der Waals surface area contributed by atoms with E-state index in [2.05, 4.69) is 4.72 Å². The van der Waals surface area contributed by atoms with E-state index in [9.17, 15) is 26.7 Å². The average Bonchev–Trinajstić information content (AvgIpc) is 2.81. The van der Waals surface area contributed by atoms with Crippen molar-refractivity contribution < 1.29 is 31.5 Å². The number of sulfonamides is 2. The molecule has 1 aliphatic rings. The summed E-state index contributed by atoms with van der Waals surface area (Å²) in [6.45, 7) is 3.54. The Bertz CT molecular complexity index is 1270. The van der Waals surface area contributed by atoms with Crippen LogP contribution in [0.15, 0.2) is 53.4 Å². The number of nitrogens with zero attached hydrogens (tertiary/aromatic N) is 2. The summed E-state index contributed by atoms with van der Waals surface area (Å²) >= 11 is 0. The van der Waals surface area contributed by atoms with Gasteiger partial charge >= 0.3 is 0 Å². The lowest BCUT2D eigenvalue weighted by Gasteiger charge is -2.38. The highest BCUT2D eigenvalue weighted by atomic mass is 32.2. The number of hydrogen-bond acceptors (Lipinski definition) is 7. The first-order chi connectivity index (χ1) is 16.3. The second-order valence-corrected chi connectivity index (χ2v) is 12.6. The normalized spacial score (nSPS) is 19.9. The second-order valence-electron chi connectivity index (χ2n) is 8.80. The van der Waals surface area contributed by atoms with E-state index >= 15 is 0 Å². The van der Waals surface area contributed by atoms with Gasteiger partial charge in [-0.25, -0.2) is 21.1 Å². The third-order valence-electron chi connectivity index (χ3n) is 5.97. The number of carbonyl (C=O) groups excluding carboxylic acids is 1. The van der Waals surface area contributed by atoms with E-state index in [1.807, 2.05) is 6.92 Å². The molecule has 12 heteroatoms. The lowest BCUT2D eigenvalue weighted by molar-refractivity contribution is 0.0387. The van der Waals surface area contributed by atoms with Crippen LogP contribution < -0.4 is 9.46 Å². The topological polar surface area (TPSA) is 133 Å². The van der Waals surface area contributed by atoms with E-state index in [4.69, 9.17) is 4.74 Å². The molecule has 0 saturated carbocycles. The zero-order valence-electron chi connectivity index (χ0n) is 20.1. The van der Waals surface area contributed by atoms with Gasteiger partial charge in [0.05, 0.1) is 35.9 Å². The summed E-state index contributed by atoms with van der Waals surface area (Å²) < 4.78 is 59.3. The molecule has 2 aromatic carbocycles. The van der Waals surface area contributed by atoms with Crippen LogP contribution in [0.5, 0.6) is 5.75 Å². The minimum absolute atomic E-state index is 0.0529. The number of nitrogens with one attached hydrogen (secondary N) is 1. The molecule has 0 aromatic heterocycles. The van der Waals surface area contributed by atoms with Crippen LogP contribution in [-0.4, -0.2) is 82.2 Å². The number of benzene rings is 2. The van der Waals surface area contributed by atoms with Crippen molar-refractivity contribution in [1.29, 1.82) is 0 Å². The maximum Gasteiger partial charge on any atom is 0.261 e. The largest absolute Gasteiger partial charge is 0.488 e. The molecule has 0 spiro atoms. The average molecular weight is 526 g/mol. The number of ether oxygens (including phenoxy) is 1. The van der Waals surface area contributed by atoms with Gasteiger partial charge in [0.2, 0.25) is 10.0 Å². The van der Waals surface area contributed by atoms with Crippen LogP contribution in [-0.2, 0) is 20.0 Å². The number of anilines is 1. The summed E-state index contributed by atoms with van der Waals surface area (Å²) in [6.07, 6.45) is 0.505. The summed E-state index contributed by atoms with van der Waals surface area (Å²) in [4.78, 5) is 15.0. The van der Waals surface area contributed by atoms with E-state index in [0.29, 0.717) is 0 Å². The van der Waals surface area contributed by atoms with E-state index in [1.165, 1.54) is 46.6 Å². The van der Waals surface area contributed by atoms with E-state index in [-0.39, 0.29) is 47.5 Å². The quantitative estimate of drug-likeness (QED) is 0.535. The van der Waals surface area contributed by atoms with Crippen molar-refractivity contribution in [3.63, 3.8) is 0 Å². The van der Waals surface area contributed by atoms with Gasteiger partial charge in [-0.3, -0.25) is 9.52 Å². The molecule has 0 saturated heterocycles. The molecule has 0 aliphatic carbocycles. The molecule has 3 rings (SSSR count). The number of fused-ring (bicyclic) bond motifs is 1. The predicted molar refractivity (Wildman–Crippen MR) is 132 cm³/mol. The summed E-state index contributed by atoms with van der Waals surface area (Å²) in [7, 11) is -5.91. The Kier molecular flexibility index (Phi) is 8.10. The summed E-state index contributed by atoms with van der Waals surface area (Å²) in [6, 6.07) is 11.7. The smallest absolute Gasteiger partial charge is 0.261 e. The van der Waals surface area contributed by atoms with Crippen molar-refractivity contribution in [3.05, 3.63) is 54.1 Å². The molecule has 0 fully saturated rings. The van der Waals surface area contributed by atoms with Crippen molar-refractivity contribution in [2.75, 3.05) is 37.7 Å². The maximum absolute atomic E-state index is 13.5. The van der Waals surface area contributed by atoms with E-state index < -0.39 is 38.1 Å². The van der Waals surface area contributed by atoms with Crippen molar-refractivity contribution in [2.24, 2.45) is 5.92 Å². The third-order valence-corrected chi connectivity index (χ3v) is 8.65. The van der Waals surface area contributed by atoms with Crippen LogP contribution in [0, 0.1) is 5.92 Å². The first-order valence-corrected chi connectivity index (χ1v) is 14.4. The molecule has 1 aliphatic heterocycles. The van der Waals surface area contributed by atoms with E-state index in [1.54, 1.807) is 25.1 Å². The molecule has 0 unspecified atom stereocenters. The Morgan fingerprint density at radius 2 is 1.83 bits per heavy atom. The Labute approximate surface area is 206 Å². The Hall–Kier alpha value is -2.67. The second kappa shape index (κ2) is 10.5. The Morgan fingerprint density at radius 3 is 2.43 bits per heavy atom. The third kappa shape index (κ3) is 6.31. The van der Waals surface area contributed by atoms with Gasteiger partial charge in [-0.15, -0.1) is 0 Å². The fraction of sp³-hybridized carbons (Fsp3) is 0.435. The van der Waals surface area contributed by atoms with Gasteiger partial charge in [-0.2, -0.15) is 0 Å². The van der Waals surface area contributed by atoms with Crippen LogP contribution >= 0.6 is 0 Å². The lowest BCUT2D eigenvalue weighted by atomic mass is 9.99. The van der Waals surface area contributed by atoms with Crippen LogP contribution in [0.2, 0.25) is 0 Å². The van der Waals surface area contributed by atoms with Crippen LogP contribution in [0.25, 0.3) is 0 Å². The van der Waals surface area contributed by atoms with Gasteiger partial charge in [-0.05, 0) is 37.3 Å². The summed E-state index contributed by atoms with van der Waals surface area (Å²) in [5, 5.41) is 9.75. The molecule has 0 radical (unpaired) electrons. The fourth-order valence-electron chi connectivity index (χ4n) is 3.71. The van der Waals surface area contributed by atoms with E-state index in [0.717, 1.165) is 6.26 Å². The molecule has 1 amide bonds. The Morgan fingerprint density at radius 1 is 1.17 bits per heavy atom. The highest BCUT2D eigenvalue weighted by Crippen LogP contribution is 2.31. The number of aliphatic hydroxyl groups excluding tert-OH is 1. The summed E-state index contributed by atoms with van der Waals surface area (Å²) in [5.41, 5.74) is 0.275. The molecule has 0 bridgehead atoms. The first-order valence-electron chi connectivity index (χ1n) is 11.0. The molecule has 2 aromatic rings. The first kappa shape index (κ1) is 26.9. The lowest BCUT2D eigenvalue weighted by Crippen LogP contribution is -2.50. The number of rotatable bonds is 8. The van der Waals surface area contributed by atoms with Gasteiger partial charge in [0.15, 0.2) is 0 Å². The maximum atomic E-state index is 13.5. The van der Waals surface area contributed by atoms with Gasteiger partial charge in [0.25, 0.3) is 15.9 Å². The number of carbonyl (C=O) groups is 1. The van der Waals surface area contributed by atoms with Crippen molar-refractivity contribution in [1.82, 2.24) is 9.21 Å². The van der Waals surface area contributed by atoms with Crippen molar-refractivity contribution in [3.8, 4) is 5.75 Å². The minimum atomic E-state index is -3.89. The molecule has 192 valence electrons. The fourth-order valence-corrected chi connectivity index (χ4v) is 5.19. The summed E-state index contributed by atoms with van der Waals surface area (Å²) in [5.74, 6) is -0.489. The molecule has 2 N–H and O–H groups in total. The number of likely N-dealkylation sites (N-methyl/N-ethyl adjacent to an activating group) is 1. The monoisotopic (exact) mass is 525 g/mol. The molecule has 1 heterocycles. The Balaban J connectivity index is 2.02. The molecule has 3 atom stereocenters. The number of aliphatic hydroxyl groups is 1. The molecular weight excluding hydrogens is 494 g/mol. The van der Waals surface area contributed by atoms with Gasteiger partial charge < -0.3 is 14.7 Å². The van der Waals surface area contributed by atoms with Gasteiger partial charge in [0, 0.05) is 25.2 Å². The standard InChI is InChI=1S/C23H31N3O7S2/c1-16-13-26(17(2)15-27)23(28)20-12-18(24-35(31,32)19-8-6-5-7-9-19)10-11-21(20)33-22(16)14-25(3)34(4,29)30/h5-12,16-17,22,24,27H,13-15H2,1-4H3/t16-,17+,22+/m1/s1. The van der Waals surface area contributed by atoms with Gasteiger partial charge in [-0.1, -0.05) is 25.1 Å². The SMILES string of the molecule is C[C@@H]1CN([C@@H](C)CO)C(=O)c2cc(NS(=O)(=O)c3ccccc3)ccc2O[C@H]1CN(C)S(C)(=O)=O. The predicted octanol–water partition coefficient (Wildman–Crippen LogP) is 1.60. The van der Waals surface area contributed by atoms with Crippen molar-refractivity contribution in [2.45, 2.75) is 30.9 Å². The highest BCUT2D eigenvalue weighted by molar-refractivity contribution is 7.92. The van der Waals surface area contributed by atoms with Crippen LogP contribution in [0.4, 0.5) is 5.69 Å². The molecule has 10 nitrogen and oxygen atoms in total. The number of amides is 1. The molecule has 35 heavy (non-hydrogen) atoms. The zero-order valence-corrected chi connectivity index (χ0v) is 21.7. The van der Waals surface area contributed by atoms with Crippen molar-refractivity contribution >= 4 is 31.6 Å².